The summed E-state index contributed by atoms with van der Waals surface area (Å²) in [6.45, 7) is 6.92. The zero-order chi connectivity index (χ0) is 25.1. The van der Waals surface area contributed by atoms with Crippen LogP contribution in [0.3, 0.4) is 0 Å². The van der Waals surface area contributed by atoms with Gasteiger partial charge >= 0.3 is 0 Å². The summed E-state index contributed by atoms with van der Waals surface area (Å²) >= 11 is 6.62. The maximum atomic E-state index is 14.3. The van der Waals surface area contributed by atoms with Gasteiger partial charge in [0, 0.05) is 50.5 Å². The van der Waals surface area contributed by atoms with Crippen LogP contribution in [0.1, 0.15) is 16.2 Å². The van der Waals surface area contributed by atoms with Crippen molar-refractivity contribution >= 4 is 17.5 Å². The van der Waals surface area contributed by atoms with E-state index >= 15 is 0 Å². The number of ether oxygens (including phenoxy) is 1. The molecule has 35 heavy (non-hydrogen) atoms. The number of rotatable bonds is 7. The highest BCUT2D eigenvalue weighted by atomic mass is 35.5. The summed E-state index contributed by atoms with van der Waals surface area (Å²) in [5.74, 6) is 0.394. The van der Waals surface area contributed by atoms with E-state index in [2.05, 4.69) is 28.9 Å². The molecular formula is C26H31ClFN5O2. The molecule has 2 heterocycles. The Morgan fingerprint density at radius 1 is 1.14 bits per heavy atom. The number of carbonyl (C=O) groups excluding carboxylic acids is 1. The first-order valence-electron chi connectivity index (χ1n) is 11.6. The summed E-state index contributed by atoms with van der Waals surface area (Å²) < 4.78 is 21.3. The minimum Gasteiger partial charge on any atom is -0.494 e. The van der Waals surface area contributed by atoms with Crippen molar-refractivity contribution in [2.75, 3.05) is 60.5 Å². The Morgan fingerprint density at radius 2 is 1.89 bits per heavy atom. The van der Waals surface area contributed by atoms with Gasteiger partial charge in [-0.2, -0.15) is 0 Å². The number of nitrogens with zero attached hydrogens (tertiary/aromatic N) is 5. The van der Waals surface area contributed by atoms with Crippen LogP contribution in [-0.2, 0) is 0 Å². The van der Waals surface area contributed by atoms with Gasteiger partial charge in [-0.15, -0.1) is 0 Å². The number of likely N-dealkylation sites (N-methyl/N-ethyl adjacent to an activating group) is 1. The van der Waals surface area contributed by atoms with E-state index in [0.29, 0.717) is 34.9 Å². The Balaban J connectivity index is 1.53. The second-order valence-corrected chi connectivity index (χ2v) is 9.38. The number of methoxy groups -OCH3 is 1. The number of hydrogen-bond donors (Lipinski definition) is 0. The van der Waals surface area contributed by atoms with Gasteiger partial charge in [0.05, 0.1) is 29.6 Å². The van der Waals surface area contributed by atoms with Gasteiger partial charge in [0.15, 0.2) is 11.6 Å². The molecule has 0 N–H and O–H groups in total. The second kappa shape index (κ2) is 10.8. The van der Waals surface area contributed by atoms with Gasteiger partial charge in [0.25, 0.3) is 5.91 Å². The molecule has 1 aliphatic heterocycles. The molecule has 0 aliphatic carbocycles. The molecule has 2 aromatic carbocycles. The van der Waals surface area contributed by atoms with Crippen molar-refractivity contribution in [2.24, 2.45) is 0 Å². The lowest BCUT2D eigenvalue weighted by molar-refractivity contribution is 0.0630. The number of carbonyl (C=O) groups is 1. The summed E-state index contributed by atoms with van der Waals surface area (Å²) in [5, 5.41) is 0.377. The quantitative estimate of drug-likeness (QED) is 0.492. The van der Waals surface area contributed by atoms with Gasteiger partial charge in [-0.05, 0) is 57.4 Å². The van der Waals surface area contributed by atoms with E-state index in [1.165, 1.54) is 13.2 Å². The van der Waals surface area contributed by atoms with Crippen LogP contribution < -0.4 is 4.74 Å². The number of benzene rings is 2. The summed E-state index contributed by atoms with van der Waals surface area (Å²) in [6, 6.07) is 10.2. The zero-order valence-corrected chi connectivity index (χ0v) is 21.3. The van der Waals surface area contributed by atoms with Crippen LogP contribution in [0.4, 0.5) is 4.39 Å². The van der Waals surface area contributed by atoms with E-state index < -0.39 is 5.82 Å². The predicted molar refractivity (Wildman–Crippen MR) is 136 cm³/mol. The highest BCUT2D eigenvalue weighted by Crippen LogP contribution is 2.30. The number of imidazole rings is 1. The molecule has 1 saturated heterocycles. The summed E-state index contributed by atoms with van der Waals surface area (Å²) in [6.07, 6.45) is 1.69. The first kappa shape index (κ1) is 25.2. The molecule has 4 rings (SSSR count). The van der Waals surface area contributed by atoms with Crippen LogP contribution in [0.15, 0.2) is 42.6 Å². The van der Waals surface area contributed by atoms with Gasteiger partial charge in [-0.25, -0.2) is 9.37 Å². The van der Waals surface area contributed by atoms with Crippen molar-refractivity contribution in [3.8, 4) is 22.7 Å². The maximum absolute atomic E-state index is 14.3. The third kappa shape index (κ3) is 5.50. The highest BCUT2D eigenvalue weighted by molar-refractivity contribution is 6.34. The standard InChI is InChI=1S/C26H31ClFN5O2/c1-18-29-17-24(19-5-8-25(35-4)23(28)15-19)33(18)20-6-7-21(22(27)16-20)26(34)32-13-11-31(12-14-32)10-9-30(2)3/h5-8,15-17H,9-14H2,1-4H3. The molecule has 0 atom stereocenters. The lowest BCUT2D eigenvalue weighted by Gasteiger charge is -2.35. The molecular weight excluding hydrogens is 469 g/mol. The number of halogens is 2. The van der Waals surface area contributed by atoms with Crippen LogP contribution in [-0.4, -0.2) is 90.6 Å². The van der Waals surface area contributed by atoms with Crippen LogP contribution in [0.25, 0.3) is 16.9 Å². The first-order valence-corrected chi connectivity index (χ1v) is 12.0. The van der Waals surface area contributed by atoms with Crippen LogP contribution in [0, 0.1) is 12.7 Å². The smallest absolute Gasteiger partial charge is 0.255 e. The predicted octanol–water partition coefficient (Wildman–Crippen LogP) is 3.97. The molecule has 3 aromatic rings. The summed E-state index contributed by atoms with van der Waals surface area (Å²) in [5.41, 5.74) is 2.61. The molecule has 1 aliphatic rings. The fraction of sp³-hybridized carbons (Fsp3) is 0.385. The SMILES string of the molecule is COc1ccc(-c2cnc(C)n2-c2ccc(C(=O)N3CCN(CCN(C)C)CC3)c(Cl)c2)cc1F. The molecule has 1 fully saturated rings. The van der Waals surface area contributed by atoms with Gasteiger partial charge in [0.2, 0.25) is 0 Å². The fourth-order valence-corrected chi connectivity index (χ4v) is 4.56. The molecule has 1 aromatic heterocycles. The zero-order valence-electron chi connectivity index (χ0n) is 20.6. The van der Waals surface area contributed by atoms with Crippen LogP contribution in [0.5, 0.6) is 5.75 Å². The minimum atomic E-state index is -0.448. The summed E-state index contributed by atoms with van der Waals surface area (Å²) in [7, 11) is 5.56. The monoisotopic (exact) mass is 499 g/mol. The van der Waals surface area contributed by atoms with Crippen molar-refractivity contribution in [1.29, 1.82) is 0 Å². The largest absolute Gasteiger partial charge is 0.494 e. The van der Waals surface area contributed by atoms with E-state index in [0.717, 1.165) is 37.7 Å². The number of amides is 1. The number of hydrogen-bond acceptors (Lipinski definition) is 5. The van der Waals surface area contributed by atoms with Gasteiger partial charge in [0.1, 0.15) is 5.82 Å². The van der Waals surface area contributed by atoms with Gasteiger partial charge < -0.3 is 14.5 Å². The molecule has 0 radical (unpaired) electrons. The molecule has 7 nitrogen and oxygen atoms in total. The first-order chi connectivity index (χ1) is 16.8. The van der Waals surface area contributed by atoms with Crippen molar-refractivity contribution in [2.45, 2.75) is 6.92 Å². The van der Waals surface area contributed by atoms with E-state index in [9.17, 15) is 9.18 Å². The Bertz CT molecular complexity index is 1200. The van der Waals surface area contributed by atoms with Crippen LogP contribution in [0.2, 0.25) is 5.02 Å². The minimum absolute atomic E-state index is 0.0615. The van der Waals surface area contributed by atoms with E-state index in [-0.39, 0.29) is 11.7 Å². The molecule has 0 spiro atoms. The Labute approximate surface area is 210 Å². The third-order valence-corrected chi connectivity index (χ3v) is 6.66. The van der Waals surface area contributed by atoms with Crippen molar-refractivity contribution < 1.29 is 13.9 Å². The molecule has 0 bridgehead atoms. The van der Waals surface area contributed by atoms with Gasteiger partial charge in [-0.3, -0.25) is 14.3 Å². The third-order valence-electron chi connectivity index (χ3n) is 6.35. The molecule has 186 valence electrons. The van der Waals surface area contributed by atoms with E-state index in [1.807, 2.05) is 22.5 Å². The highest BCUT2D eigenvalue weighted by Gasteiger charge is 2.24. The number of aromatic nitrogens is 2. The summed E-state index contributed by atoms with van der Waals surface area (Å²) in [4.78, 5) is 24.0. The molecule has 0 unspecified atom stereocenters. The topological polar surface area (TPSA) is 53.8 Å². The average Bonchev–Trinajstić information content (AvgIpc) is 3.23. The van der Waals surface area contributed by atoms with Crippen molar-refractivity contribution in [3.63, 3.8) is 0 Å². The normalized spacial score (nSPS) is 14.5. The average molecular weight is 500 g/mol. The Morgan fingerprint density at radius 3 is 2.51 bits per heavy atom. The lowest BCUT2D eigenvalue weighted by Crippen LogP contribution is -2.50. The van der Waals surface area contributed by atoms with E-state index in [4.69, 9.17) is 16.3 Å². The molecule has 9 heteroatoms. The Hall–Kier alpha value is -2.94. The van der Waals surface area contributed by atoms with Crippen molar-refractivity contribution in [1.82, 2.24) is 24.3 Å². The number of piperazine rings is 1. The lowest BCUT2D eigenvalue weighted by atomic mass is 10.1. The fourth-order valence-electron chi connectivity index (χ4n) is 4.30. The van der Waals surface area contributed by atoms with Crippen LogP contribution >= 0.6 is 11.6 Å². The Kier molecular flexibility index (Phi) is 7.74. The molecule has 0 saturated carbocycles. The number of aryl methyl sites for hydroxylation is 1. The molecule has 1 amide bonds. The van der Waals surface area contributed by atoms with Gasteiger partial charge in [-0.1, -0.05) is 11.6 Å². The maximum Gasteiger partial charge on any atom is 0.255 e. The van der Waals surface area contributed by atoms with Crippen molar-refractivity contribution in [3.05, 3.63) is 64.8 Å². The second-order valence-electron chi connectivity index (χ2n) is 8.98. The van der Waals surface area contributed by atoms with E-state index in [1.54, 1.807) is 30.5 Å².